The number of nitrogens with zero attached hydrogens (tertiary/aromatic N) is 3. The van der Waals surface area contributed by atoms with Gasteiger partial charge in [0.05, 0.1) is 32.0 Å². The van der Waals surface area contributed by atoms with E-state index in [1.807, 2.05) is 86.6 Å². The molecule has 0 aliphatic carbocycles. The molecule has 1 N–H and O–H groups in total. The number of nitrogens with one attached hydrogen (secondary N) is 1. The first-order chi connectivity index (χ1) is 17.4. The van der Waals surface area contributed by atoms with E-state index in [0.29, 0.717) is 6.42 Å². The number of para-hydroxylation sites is 1. The second kappa shape index (κ2) is 11.2. The maximum absolute atomic E-state index is 13.4. The molecule has 0 radical (unpaired) electrons. The lowest BCUT2D eigenvalue weighted by molar-refractivity contribution is -0.134. The molecule has 0 fully saturated rings. The summed E-state index contributed by atoms with van der Waals surface area (Å²) in [7, 11) is 3.39. The summed E-state index contributed by atoms with van der Waals surface area (Å²) in [6.45, 7) is 4.09. The summed E-state index contributed by atoms with van der Waals surface area (Å²) >= 11 is 0. The van der Waals surface area contributed by atoms with E-state index in [1.54, 1.807) is 24.1 Å². The van der Waals surface area contributed by atoms with Gasteiger partial charge >= 0.3 is 0 Å². The van der Waals surface area contributed by atoms with Crippen LogP contribution in [0.4, 0.5) is 5.69 Å². The lowest BCUT2D eigenvalue weighted by atomic mass is 9.98. The molecule has 0 saturated carbocycles. The van der Waals surface area contributed by atoms with Crippen molar-refractivity contribution in [3.63, 3.8) is 0 Å². The third kappa shape index (κ3) is 5.80. The smallest absolute Gasteiger partial charge is 0.257 e. The van der Waals surface area contributed by atoms with Crippen LogP contribution in [0.25, 0.3) is 0 Å². The van der Waals surface area contributed by atoms with Crippen LogP contribution in [0.1, 0.15) is 34.7 Å². The Morgan fingerprint density at radius 3 is 2.28 bits per heavy atom. The predicted molar refractivity (Wildman–Crippen MR) is 142 cm³/mol. The van der Waals surface area contributed by atoms with Crippen molar-refractivity contribution in [2.75, 3.05) is 32.6 Å². The summed E-state index contributed by atoms with van der Waals surface area (Å²) in [5.74, 6) is 0.432. The zero-order chi connectivity index (χ0) is 25.7. The third-order valence-electron chi connectivity index (χ3n) is 6.34. The van der Waals surface area contributed by atoms with Crippen LogP contribution >= 0.6 is 0 Å². The zero-order valence-corrected chi connectivity index (χ0v) is 21.2. The topological polar surface area (TPSA) is 74.2 Å². The minimum atomic E-state index is -0.226. The van der Waals surface area contributed by atoms with Crippen molar-refractivity contribution < 1.29 is 14.3 Å². The molecular weight excluding hydrogens is 452 g/mol. The molecule has 2 amide bonds. The fourth-order valence-electron chi connectivity index (χ4n) is 4.43. The fourth-order valence-corrected chi connectivity index (χ4v) is 4.43. The average Bonchev–Trinajstić information content (AvgIpc) is 3.33. The number of hydrogen-bond acceptors (Lipinski definition) is 5. The summed E-state index contributed by atoms with van der Waals surface area (Å²) in [6.07, 6.45) is 0.610. The Labute approximate surface area is 212 Å². The number of benzene rings is 3. The Balaban J connectivity index is 1.47. The molecular formula is C29H32N4O3. The van der Waals surface area contributed by atoms with Crippen LogP contribution in [0.15, 0.2) is 77.9 Å². The molecule has 1 unspecified atom stereocenters. The highest BCUT2D eigenvalue weighted by atomic mass is 16.5. The van der Waals surface area contributed by atoms with Gasteiger partial charge in [0, 0.05) is 12.1 Å². The highest BCUT2D eigenvalue weighted by Crippen LogP contribution is 2.33. The van der Waals surface area contributed by atoms with Gasteiger partial charge in [-0.3, -0.25) is 14.5 Å². The predicted octanol–water partition coefficient (Wildman–Crippen LogP) is 4.56. The van der Waals surface area contributed by atoms with Crippen LogP contribution < -0.4 is 10.1 Å². The van der Waals surface area contributed by atoms with Crippen LogP contribution in [0, 0.1) is 13.8 Å². The van der Waals surface area contributed by atoms with Crippen molar-refractivity contribution in [1.29, 1.82) is 0 Å². The summed E-state index contributed by atoms with van der Waals surface area (Å²) < 4.78 is 5.29. The maximum Gasteiger partial charge on any atom is 0.257 e. The largest absolute Gasteiger partial charge is 0.497 e. The summed E-state index contributed by atoms with van der Waals surface area (Å²) in [6, 6.07) is 23.3. The van der Waals surface area contributed by atoms with Gasteiger partial charge in [0.15, 0.2) is 0 Å². The van der Waals surface area contributed by atoms with Crippen molar-refractivity contribution in [2.45, 2.75) is 26.3 Å². The van der Waals surface area contributed by atoms with E-state index in [1.165, 1.54) is 0 Å². The van der Waals surface area contributed by atoms with Gasteiger partial charge in [0.2, 0.25) is 5.91 Å². The van der Waals surface area contributed by atoms with Crippen molar-refractivity contribution in [3.8, 4) is 5.75 Å². The number of rotatable bonds is 8. The van der Waals surface area contributed by atoms with Gasteiger partial charge in [0.1, 0.15) is 5.75 Å². The van der Waals surface area contributed by atoms with Crippen LogP contribution in [0.2, 0.25) is 0 Å². The second-order valence-electron chi connectivity index (χ2n) is 9.13. The monoisotopic (exact) mass is 484 g/mol. The van der Waals surface area contributed by atoms with Gasteiger partial charge in [-0.25, -0.2) is 5.01 Å². The first-order valence-electron chi connectivity index (χ1n) is 12.0. The van der Waals surface area contributed by atoms with E-state index in [-0.39, 0.29) is 30.9 Å². The molecule has 7 nitrogen and oxygen atoms in total. The summed E-state index contributed by atoms with van der Waals surface area (Å²) in [5.41, 5.74) is 5.66. The van der Waals surface area contributed by atoms with Crippen molar-refractivity contribution >= 4 is 23.2 Å². The average molecular weight is 485 g/mol. The molecule has 1 atom stereocenters. The first-order valence-corrected chi connectivity index (χ1v) is 12.0. The number of aryl methyl sites for hydroxylation is 2. The molecule has 0 bridgehead atoms. The normalized spacial score (nSPS) is 15.1. The van der Waals surface area contributed by atoms with Gasteiger partial charge in [0.25, 0.3) is 5.91 Å². The molecule has 1 aliphatic heterocycles. The van der Waals surface area contributed by atoms with Crippen LogP contribution in [-0.2, 0) is 9.59 Å². The molecule has 1 aliphatic rings. The zero-order valence-electron chi connectivity index (χ0n) is 21.2. The van der Waals surface area contributed by atoms with E-state index < -0.39 is 0 Å². The van der Waals surface area contributed by atoms with Crippen molar-refractivity contribution in [2.24, 2.45) is 5.10 Å². The molecule has 0 aromatic heterocycles. The van der Waals surface area contributed by atoms with Crippen LogP contribution in [0.3, 0.4) is 0 Å². The molecule has 36 heavy (non-hydrogen) atoms. The maximum atomic E-state index is 13.4. The molecule has 0 saturated heterocycles. The highest BCUT2D eigenvalue weighted by molar-refractivity contribution is 6.03. The first kappa shape index (κ1) is 25.1. The molecule has 4 rings (SSSR count). The molecule has 0 spiro atoms. The Morgan fingerprint density at radius 1 is 0.972 bits per heavy atom. The lowest BCUT2D eigenvalue weighted by Crippen LogP contribution is -2.39. The number of carbonyl (C=O) groups excluding carboxylic acids is 2. The molecule has 3 aromatic carbocycles. The SMILES string of the molecule is COc1ccc(C2CC(c3ccccc3)=NN2C(=O)CN(C)CC(=O)Nc2c(C)cccc2C)cc1. The number of ether oxygens (including phenoxy) is 1. The lowest BCUT2D eigenvalue weighted by Gasteiger charge is -2.25. The molecule has 1 heterocycles. The summed E-state index contributed by atoms with van der Waals surface area (Å²) in [4.78, 5) is 27.8. The number of anilines is 1. The van der Waals surface area contributed by atoms with E-state index in [9.17, 15) is 9.59 Å². The van der Waals surface area contributed by atoms with Gasteiger partial charge in [-0.1, -0.05) is 60.7 Å². The number of carbonyl (C=O) groups is 2. The van der Waals surface area contributed by atoms with E-state index >= 15 is 0 Å². The van der Waals surface area contributed by atoms with Gasteiger partial charge in [-0.2, -0.15) is 5.10 Å². The van der Waals surface area contributed by atoms with Crippen molar-refractivity contribution in [1.82, 2.24) is 9.91 Å². The number of hydrazone groups is 1. The third-order valence-corrected chi connectivity index (χ3v) is 6.34. The Kier molecular flexibility index (Phi) is 7.80. The standard InChI is InChI=1S/C29H32N4O3/c1-20-9-8-10-21(2)29(20)30-27(34)18-32(3)19-28(35)33-26(23-13-15-24(36-4)16-14-23)17-25(31-33)22-11-6-5-7-12-22/h5-16,26H,17-19H2,1-4H3,(H,30,34). The number of hydrogen-bond donors (Lipinski definition) is 1. The molecule has 3 aromatic rings. The van der Waals surface area contributed by atoms with Crippen LogP contribution in [-0.4, -0.2) is 54.7 Å². The second-order valence-corrected chi connectivity index (χ2v) is 9.13. The number of likely N-dealkylation sites (N-methyl/N-ethyl adjacent to an activating group) is 1. The number of methoxy groups -OCH3 is 1. The number of amides is 2. The van der Waals surface area contributed by atoms with Crippen molar-refractivity contribution in [3.05, 3.63) is 95.1 Å². The quantitative estimate of drug-likeness (QED) is 0.509. The van der Waals surface area contributed by atoms with Gasteiger partial charge in [-0.15, -0.1) is 0 Å². The molecule has 186 valence electrons. The van der Waals surface area contributed by atoms with E-state index in [2.05, 4.69) is 5.32 Å². The highest BCUT2D eigenvalue weighted by Gasteiger charge is 2.33. The van der Waals surface area contributed by atoms with E-state index in [0.717, 1.165) is 39.4 Å². The van der Waals surface area contributed by atoms with E-state index in [4.69, 9.17) is 9.84 Å². The molecule has 7 heteroatoms. The summed E-state index contributed by atoms with van der Waals surface area (Å²) in [5, 5.41) is 9.26. The Hall–Kier alpha value is -3.97. The van der Waals surface area contributed by atoms with Gasteiger partial charge < -0.3 is 10.1 Å². The minimum absolute atomic E-state index is 0.0679. The Bertz CT molecular complexity index is 1240. The van der Waals surface area contributed by atoms with Gasteiger partial charge in [-0.05, 0) is 55.3 Å². The van der Waals surface area contributed by atoms with Crippen LogP contribution in [0.5, 0.6) is 5.75 Å². The Morgan fingerprint density at radius 2 is 1.64 bits per heavy atom. The fraction of sp³-hybridized carbons (Fsp3) is 0.276. The minimum Gasteiger partial charge on any atom is -0.497 e.